The van der Waals surface area contributed by atoms with Crippen LogP contribution in [-0.4, -0.2) is 23.2 Å². The molecule has 0 aromatic carbocycles. The standard InChI is InChI=1S/C11H15BrN2O/c12-9-3-4-10(14-6-9)11(15)7-13-5-8-1-2-8/h3-4,6,8,11,13,15H,1-2,5,7H2. The molecule has 0 amide bonds. The summed E-state index contributed by atoms with van der Waals surface area (Å²) in [5.41, 5.74) is 0.724. The summed E-state index contributed by atoms with van der Waals surface area (Å²) in [6.45, 7) is 1.61. The third kappa shape index (κ3) is 3.55. The lowest BCUT2D eigenvalue weighted by Crippen LogP contribution is -2.24. The zero-order valence-corrected chi connectivity index (χ0v) is 10.1. The molecule has 15 heavy (non-hydrogen) atoms. The van der Waals surface area contributed by atoms with Crippen molar-refractivity contribution in [3.8, 4) is 0 Å². The maximum Gasteiger partial charge on any atom is 0.108 e. The van der Waals surface area contributed by atoms with Crippen molar-refractivity contribution in [2.45, 2.75) is 18.9 Å². The van der Waals surface area contributed by atoms with E-state index in [0.29, 0.717) is 6.54 Å². The van der Waals surface area contributed by atoms with Gasteiger partial charge in [-0.1, -0.05) is 0 Å². The second-order valence-corrected chi connectivity index (χ2v) is 4.93. The van der Waals surface area contributed by atoms with Crippen molar-refractivity contribution in [1.29, 1.82) is 0 Å². The van der Waals surface area contributed by atoms with Gasteiger partial charge in [0, 0.05) is 17.2 Å². The topological polar surface area (TPSA) is 45.1 Å². The van der Waals surface area contributed by atoms with Crippen LogP contribution in [-0.2, 0) is 0 Å². The van der Waals surface area contributed by atoms with Crippen LogP contribution in [0.15, 0.2) is 22.8 Å². The summed E-state index contributed by atoms with van der Waals surface area (Å²) in [4.78, 5) is 4.15. The van der Waals surface area contributed by atoms with Gasteiger partial charge in [-0.2, -0.15) is 0 Å². The van der Waals surface area contributed by atoms with Crippen molar-refractivity contribution >= 4 is 15.9 Å². The predicted molar refractivity (Wildman–Crippen MR) is 62.5 cm³/mol. The minimum atomic E-state index is -0.503. The summed E-state index contributed by atoms with van der Waals surface area (Å²) in [6.07, 6.45) is 3.87. The largest absolute Gasteiger partial charge is 0.385 e. The monoisotopic (exact) mass is 270 g/mol. The molecule has 4 heteroatoms. The Kier molecular flexibility index (Phi) is 3.72. The normalized spacial score (nSPS) is 17.7. The molecule has 1 aliphatic carbocycles. The number of rotatable bonds is 5. The van der Waals surface area contributed by atoms with E-state index in [1.54, 1.807) is 6.20 Å². The van der Waals surface area contributed by atoms with Gasteiger partial charge in [0.25, 0.3) is 0 Å². The number of aliphatic hydroxyl groups excluding tert-OH is 1. The Labute approximate surface area is 98.0 Å². The SMILES string of the molecule is OC(CNCC1CC1)c1ccc(Br)cn1. The van der Waals surface area contributed by atoms with Crippen molar-refractivity contribution in [2.75, 3.05) is 13.1 Å². The first-order valence-corrected chi connectivity index (χ1v) is 6.05. The average Bonchev–Trinajstić information content (AvgIpc) is 3.02. The fraction of sp³-hybridized carbons (Fsp3) is 0.545. The van der Waals surface area contributed by atoms with Gasteiger partial charge in [-0.05, 0) is 53.4 Å². The molecular formula is C11H15BrN2O. The molecule has 1 heterocycles. The summed E-state index contributed by atoms with van der Waals surface area (Å²) in [6, 6.07) is 3.74. The number of nitrogens with one attached hydrogen (secondary N) is 1. The van der Waals surface area contributed by atoms with Crippen LogP contribution in [0, 0.1) is 5.92 Å². The van der Waals surface area contributed by atoms with Gasteiger partial charge < -0.3 is 10.4 Å². The molecule has 0 saturated heterocycles. The minimum absolute atomic E-state index is 0.503. The van der Waals surface area contributed by atoms with Crippen molar-refractivity contribution in [2.24, 2.45) is 5.92 Å². The first-order valence-electron chi connectivity index (χ1n) is 5.26. The van der Waals surface area contributed by atoms with E-state index in [-0.39, 0.29) is 0 Å². The lowest BCUT2D eigenvalue weighted by Gasteiger charge is -2.10. The molecule has 1 saturated carbocycles. The molecule has 2 N–H and O–H groups in total. The Morgan fingerprint density at radius 1 is 1.53 bits per heavy atom. The van der Waals surface area contributed by atoms with Crippen LogP contribution in [0.5, 0.6) is 0 Å². The Hall–Kier alpha value is -0.450. The zero-order valence-electron chi connectivity index (χ0n) is 8.49. The maximum absolute atomic E-state index is 9.80. The van der Waals surface area contributed by atoms with E-state index in [1.807, 2.05) is 12.1 Å². The lowest BCUT2D eigenvalue weighted by atomic mass is 10.2. The molecule has 0 bridgehead atoms. The van der Waals surface area contributed by atoms with Gasteiger partial charge in [-0.25, -0.2) is 0 Å². The lowest BCUT2D eigenvalue weighted by molar-refractivity contribution is 0.169. The molecule has 1 aromatic rings. The Morgan fingerprint density at radius 2 is 2.33 bits per heavy atom. The van der Waals surface area contributed by atoms with Crippen LogP contribution in [0.1, 0.15) is 24.6 Å². The molecule has 3 nitrogen and oxygen atoms in total. The molecule has 0 spiro atoms. The van der Waals surface area contributed by atoms with Crippen molar-refractivity contribution in [1.82, 2.24) is 10.3 Å². The molecule has 2 rings (SSSR count). The number of nitrogens with zero attached hydrogens (tertiary/aromatic N) is 1. The van der Waals surface area contributed by atoms with E-state index in [9.17, 15) is 5.11 Å². The molecule has 1 unspecified atom stereocenters. The molecule has 0 radical (unpaired) electrons. The summed E-state index contributed by atoms with van der Waals surface area (Å²) in [7, 11) is 0. The Morgan fingerprint density at radius 3 is 2.93 bits per heavy atom. The van der Waals surface area contributed by atoms with Gasteiger partial charge in [-0.3, -0.25) is 4.98 Å². The number of hydrogen-bond donors (Lipinski definition) is 2. The molecule has 1 atom stereocenters. The highest BCUT2D eigenvalue weighted by atomic mass is 79.9. The number of aromatic nitrogens is 1. The first-order chi connectivity index (χ1) is 7.25. The Bertz CT molecular complexity index is 311. The third-order valence-corrected chi connectivity index (χ3v) is 3.03. The predicted octanol–water partition coefficient (Wildman–Crippen LogP) is 1.88. The van der Waals surface area contributed by atoms with E-state index in [1.165, 1.54) is 12.8 Å². The summed E-state index contributed by atoms with van der Waals surface area (Å²) >= 11 is 3.31. The fourth-order valence-electron chi connectivity index (χ4n) is 1.44. The first kappa shape index (κ1) is 11.0. The second-order valence-electron chi connectivity index (χ2n) is 4.02. The van der Waals surface area contributed by atoms with E-state index in [0.717, 1.165) is 22.6 Å². The molecule has 1 fully saturated rings. The molecular weight excluding hydrogens is 256 g/mol. The van der Waals surface area contributed by atoms with Crippen LogP contribution in [0.25, 0.3) is 0 Å². The molecule has 1 aromatic heterocycles. The number of hydrogen-bond acceptors (Lipinski definition) is 3. The van der Waals surface area contributed by atoms with Gasteiger partial charge in [0.2, 0.25) is 0 Å². The van der Waals surface area contributed by atoms with Gasteiger partial charge >= 0.3 is 0 Å². The second kappa shape index (κ2) is 5.05. The van der Waals surface area contributed by atoms with Gasteiger partial charge in [0.05, 0.1) is 5.69 Å². The maximum atomic E-state index is 9.80. The highest BCUT2D eigenvalue weighted by Crippen LogP contribution is 2.27. The molecule has 82 valence electrons. The molecule has 0 aliphatic heterocycles. The van der Waals surface area contributed by atoms with E-state index in [2.05, 4.69) is 26.2 Å². The highest BCUT2D eigenvalue weighted by molar-refractivity contribution is 9.10. The van der Waals surface area contributed by atoms with Gasteiger partial charge in [0.1, 0.15) is 6.10 Å². The van der Waals surface area contributed by atoms with Crippen LogP contribution in [0.2, 0.25) is 0 Å². The quantitative estimate of drug-likeness (QED) is 0.859. The van der Waals surface area contributed by atoms with Crippen LogP contribution < -0.4 is 5.32 Å². The average molecular weight is 271 g/mol. The van der Waals surface area contributed by atoms with Crippen molar-refractivity contribution < 1.29 is 5.11 Å². The van der Waals surface area contributed by atoms with E-state index in [4.69, 9.17) is 0 Å². The van der Waals surface area contributed by atoms with Gasteiger partial charge in [0.15, 0.2) is 0 Å². The highest BCUT2D eigenvalue weighted by Gasteiger charge is 2.20. The fourth-order valence-corrected chi connectivity index (χ4v) is 1.67. The number of halogens is 1. The van der Waals surface area contributed by atoms with Gasteiger partial charge in [-0.15, -0.1) is 0 Å². The minimum Gasteiger partial charge on any atom is -0.385 e. The Balaban J connectivity index is 1.78. The van der Waals surface area contributed by atoms with E-state index < -0.39 is 6.10 Å². The molecule has 1 aliphatic rings. The third-order valence-electron chi connectivity index (χ3n) is 2.56. The van der Waals surface area contributed by atoms with Crippen molar-refractivity contribution in [3.05, 3.63) is 28.5 Å². The smallest absolute Gasteiger partial charge is 0.108 e. The van der Waals surface area contributed by atoms with Crippen LogP contribution >= 0.6 is 15.9 Å². The number of aliphatic hydroxyl groups is 1. The summed E-state index contributed by atoms with van der Waals surface area (Å²) in [5.74, 6) is 0.843. The van der Waals surface area contributed by atoms with E-state index >= 15 is 0 Å². The summed E-state index contributed by atoms with van der Waals surface area (Å²) < 4.78 is 0.935. The van der Waals surface area contributed by atoms with Crippen LogP contribution in [0.4, 0.5) is 0 Å². The van der Waals surface area contributed by atoms with Crippen molar-refractivity contribution in [3.63, 3.8) is 0 Å². The number of pyridine rings is 1. The zero-order chi connectivity index (χ0) is 10.7. The van der Waals surface area contributed by atoms with Crippen LogP contribution in [0.3, 0.4) is 0 Å². The summed E-state index contributed by atoms with van der Waals surface area (Å²) in [5, 5.41) is 13.1.